The minimum Gasteiger partial charge on any atom is -0.462 e. The summed E-state index contributed by atoms with van der Waals surface area (Å²) < 4.78 is 10.6. The molecule has 0 radical (unpaired) electrons. The lowest BCUT2D eigenvalue weighted by Crippen LogP contribution is -2.05. The van der Waals surface area contributed by atoms with Crippen molar-refractivity contribution in [1.29, 1.82) is 0 Å². The Morgan fingerprint density at radius 1 is 1.03 bits per heavy atom. The molecular weight excluding hydrogens is 364 g/mol. The van der Waals surface area contributed by atoms with Crippen molar-refractivity contribution in [3.8, 4) is 11.1 Å². The summed E-state index contributed by atoms with van der Waals surface area (Å²) in [5.41, 5.74) is 3.82. The van der Waals surface area contributed by atoms with Crippen LogP contribution in [0.2, 0.25) is 0 Å². The summed E-state index contributed by atoms with van der Waals surface area (Å²) in [5, 5.41) is 0.860. The van der Waals surface area contributed by atoms with Crippen LogP contribution in [0.15, 0.2) is 70.4 Å². The monoisotopic (exact) mass is 390 g/mol. The molecule has 3 aromatic rings. The molecular formula is C25H26O4. The molecule has 0 aliphatic heterocycles. The zero-order valence-electron chi connectivity index (χ0n) is 16.8. The molecule has 0 aliphatic rings. The van der Waals surface area contributed by atoms with Crippen LogP contribution in [0.5, 0.6) is 0 Å². The Kier molecular flexibility index (Phi) is 7.01. The van der Waals surface area contributed by atoms with E-state index in [0.29, 0.717) is 17.6 Å². The van der Waals surface area contributed by atoms with Gasteiger partial charge in [-0.1, -0.05) is 62.7 Å². The predicted molar refractivity (Wildman–Crippen MR) is 116 cm³/mol. The second kappa shape index (κ2) is 9.87. The normalized spacial score (nSPS) is 10.8. The second-order valence-corrected chi connectivity index (χ2v) is 7.10. The van der Waals surface area contributed by atoms with Gasteiger partial charge in [-0.05, 0) is 41.7 Å². The van der Waals surface area contributed by atoms with Crippen LogP contribution in [-0.2, 0) is 22.4 Å². The fraction of sp³-hybridized carbons (Fsp3) is 0.280. The largest absolute Gasteiger partial charge is 0.462 e. The molecule has 0 atom stereocenters. The van der Waals surface area contributed by atoms with Gasteiger partial charge < -0.3 is 9.15 Å². The van der Waals surface area contributed by atoms with Gasteiger partial charge in [-0.15, -0.1) is 0 Å². The molecule has 0 N–H and O–H groups in total. The Morgan fingerprint density at radius 2 is 1.79 bits per heavy atom. The average molecular weight is 390 g/mol. The van der Waals surface area contributed by atoms with E-state index in [0.717, 1.165) is 29.0 Å². The third-order valence-corrected chi connectivity index (χ3v) is 4.94. The molecule has 4 nitrogen and oxygen atoms in total. The highest BCUT2D eigenvalue weighted by molar-refractivity contribution is 5.82. The highest BCUT2D eigenvalue weighted by Crippen LogP contribution is 2.23. The van der Waals surface area contributed by atoms with Crippen LogP contribution < -0.4 is 5.63 Å². The van der Waals surface area contributed by atoms with E-state index < -0.39 is 5.97 Å². The predicted octanol–water partition coefficient (Wildman–Crippen LogP) is 5.46. The molecule has 2 aromatic carbocycles. The molecule has 0 aliphatic carbocycles. The van der Waals surface area contributed by atoms with Gasteiger partial charge in [0.25, 0.3) is 0 Å². The van der Waals surface area contributed by atoms with Crippen molar-refractivity contribution in [1.82, 2.24) is 0 Å². The first-order valence-electron chi connectivity index (χ1n) is 10.1. The molecule has 1 aromatic heterocycles. The quantitative estimate of drug-likeness (QED) is 0.211. The molecule has 29 heavy (non-hydrogen) atoms. The Balaban J connectivity index is 1.77. The van der Waals surface area contributed by atoms with Crippen LogP contribution in [0, 0.1) is 0 Å². The van der Waals surface area contributed by atoms with E-state index >= 15 is 0 Å². The van der Waals surface area contributed by atoms with E-state index in [-0.39, 0.29) is 12.2 Å². The van der Waals surface area contributed by atoms with Crippen LogP contribution in [0.3, 0.4) is 0 Å². The summed E-state index contributed by atoms with van der Waals surface area (Å²) in [6.45, 7) is 5.82. The maximum atomic E-state index is 12.5. The van der Waals surface area contributed by atoms with Crippen molar-refractivity contribution in [3.63, 3.8) is 0 Å². The van der Waals surface area contributed by atoms with Crippen molar-refractivity contribution in [2.75, 3.05) is 6.61 Å². The smallest absolute Gasteiger partial charge is 0.344 e. The zero-order chi connectivity index (χ0) is 20.6. The molecule has 0 bridgehead atoms. The average Bonchev–Trinajstić information content (AvgIpc) is 2.74. The summed E-state index contributed by atoms with van der Waals surface area (Å²) >= 11 is 0. The van der Waals surface area contributed by atoms with E-state index in [2.05, 4.69) is 25.6 Å². The number of unbranched alkanes of at least 4 members (excludes halogenated alkanes) is 2. The number of hydrogen-bond donors (Lipinski definition) is 0. The molecule has 4 heteroatoms. The number of aryl methyl sites for hydroxylation is 1. The summed E-state index contributed by atoms with van der Waals surface area (Å²) in [6.07, 6.45) is 6.36. The van der Waals surface area contributed by atoms with Gasteiger partial charge in [-0.25, -0.2) is 9.59 Å². The van der Waals surface area contributed by atoms with E-state index in [9.17, 15) is 9.59 Å². The molecule has 0 saturated heterocycles. The molecule has 0 unspecified atom stereocenters. The molecule has 0 spiro atoms. The first-order chi connectivity index (χ1) is 14.1. The number of esters is 1. The van der Waals surface area contributed by atoms with Gasteiger partial charge in [0.1, 0.15) is 5.58 Å². The molecule has 3 rings (SSSR count). The van der Waals surface area contributed by atoms with Gasteiger partial charge in [0.2, 0.25) is 0 Å². The number of rotatable bonds is 9. The molecule has 150 valence electrons. The highest BCUT2D eigenvalue weighted by Gasteiger charge is 2.09. The van der Waals surface area contributed by atoms with Crippen LogP contribution in [-0.4, -0.2) is 12.6 Å². The summed E-state index contributed by atoms with van der Waals surface area (Å²) in [4.78, 5) is 23.7. The first kappa shape index (κ1) is 20.6. The molecule has 1 heterocycles. The number of carbonyl (C=O) groups excluding carboxylic acids is 1. The molecule has 0 saturated carbocycles. The number of fused-ring (bicyclic) bond motifs is 1. The van der Waals surface area contributed by atoms with Crippen molar-refractivity contribution in [2.24, 2.45) is 0 Å². The second-order valence-electron chi connectivity index (χ2n) is 7.10. The van der Waals surface area contributed by atoms with Gasteiger partial charge in [0.05, 0.1) is 12.2 Å². The number of hydrogen-bond acceptors (Lipinski definition) is 4. The SMILES string of the molecule is C=CC(=O)OCCc1ccc2cc(-c3ccc(CCCCC)cc3)c(=O)oc2c1. The van der Waals surface area contributed by atoms with E-state index in [4.69, 9.17) is 9.15 Å². The van der Waals surface area contributed by atoms with Gasteiger partial charge in [-0.2, -0.15) is 0 Å². The van der Waals surface area contributed by atoms with E-state index in [1.807, 2.05) is 36.4 Å². The Morgan fingerprint density at radius 3 is 2.52 bits per heavy atom. The summed E-state index contributed by atoms with van der Waals surface area (Å²) in [7, 11) is 0. The van der Waals surface area contributed by atoms with Crippen molar-refractivity contribution < 1.29 is 13.9 Å². The standard InChI is InChI=1S/C25H26O4/c1-3-5-6-7-18-8-11-20(12-9-18)22-17-21-13-10-19(14-15-28-24(26)4-2)16-23(21)29-25(22)27/h4,8-13,16-17H,2-3,5-7,14-15H2,1H3. The Labute approximate surface area is 170 Å². The van der Waals surface area contributed by atoms with E-state index in [1.165, 1.54) is 24.8 Å². The van der Waals surface area contributed by atoms with Crippen molar-refractivity contribution >= 4 is 16.9 Å². The van der Waals surface area contributed by atoms with Crippen LogP contribution >= 0.6 is 0 Å². The van der Waals surface area contributed by atoms with E-state index in [1.54, 1.807) is 0 Å². The molecule has 0 fully saturated rings. The third kappa shape index (κ3) is 5.44. The number of carbonyl (C=O) groups is 1. The van der Waals surface area contributed by atoms with Gasteiger partial charge in [-0.3, -0.25) is 0 Å². The fourth-order valence-corrected chi connectivity index (χ4v) is 3.27. The number of benzene rings is 2. The summed E-state index contributed by atoms with van der Waals surface area (Å²) in [5.74, 6) is -0.446. The van der Waals surface area contributed by atoms with Crippen LogP contribution in [0.4, 0.5) is 0 Å². The fourth-order valence-electron chi connectivity index (χ4n) is 3.27. The van der Waals surface area contributed by atoms with Gasteiger partial charge in [0.15, 0.2) is 0 Å². The maximum absolute atomic E-state index is 12.5. The van der Waals surface area contributed by atoms with Crippen LogP contribution in [0.1, 0.15) is 37.3 Å². The van der Waals surface area contributed by atoms with Gasteiger partial charge >= 0.3 is 11.6 Å². The number of ether oxygens (including phenoxy) is 1. The Bertz CT molecular complexity index is 1040. The zero-order valence-corrected chi connectivity index (χ0v) is 16.8. The minimum atomic E-state index is -0.446. The van der Waals surface area contributed by atoms with Crippen LogP contribution in [0.25, 0.3) is 22.1 Å². The maximum Gasteiger partial charge on any atom is 0.344 e. The first-order valence-corrected chi connectivity index (χ1v) is 10.1. The lowest BCUT2D eigenvalue weighted by molar-refractivity contribution is -0.137. The van der Waals surface area contributed by atoms with Gasteiger partial charge in [0, 0.05) is 17.9 Å². The lowest BCUT2D eigenvalue weighted by atomic mass is 10.0. The topological polar surface area (TPSA) is 56.5 Å². The highest BCUT2D eigenvalue weighted by atomic mass is 16.5. The lowest BCUT2D eigenvalue weighted by Gasteiger charge is -2.07. The summed E-state index contributed by atoms with van der Waals surface area (Å²) in [6, 6.07) is 15.7. The third-order valence-electron chi connectivity index (χ3n) is 4.94. The van der Waals surface area contributed by atoms with Crippen molar-refractivity contribution in [3.05, 3.63) is 82.7 Å². The molecule has 0 amide bonds. The minimum absolute atomic E-state index is 0.253. The van der Waals surface area contributed by atoms with Crippen molar-refractivity contribution in [2.45, 2.75) is 39.0 Å². The Hall–Kier alpha value is -3.14.